The van der Waals surface area contributed by atoms with E-state index in [4.69, 9.17) is 16.3 Å². The summed E-state index contributed by atoms with van der Waals surface area (Å²) in [5, 5.41) is 4.12. The Hall–Kier alpha value is -1.26. The van der Waals surface area contributed by atoms with Crippen molar-refractivity contribution in [3.05, 3.63) is 38.8 Å². The monoisotopic (exact) mass is 296 g/mol. The Bertz CT molecular complexity index is 569. The molecule has 0 saturated carbocycles. The second-order valence-corrected chi connectivity index (χ2v) is 5.69. The molecule has 0 spiro atoms. The first-order valence-corrected chi connectivity index (χ1v) is 7.34. The van der Waals surface area contributed by atoms with Crippen molar-refractivity contribution in [2.24, 2.45) is 0 Å². The number of methoxy groups -OCH3 is 1. The topological polar surface area (TPSA) is 34.1 Å². The van der Waals surface area contributed by atoms with Crippen molar-refractivity contribution in [3.8, 4) is 5.75 Å². The number of halogens is 1. The number of ether oxygens (including phenoxy) is 1. The van der Waals surface area contributed by atoms with Crippen molar-refractivity contribution in [1.82, 2.24) is 4.98 Å². The predicted molar refractivity (Wildman–Crippen MR) is 81.8 cm³/mol. The average molecular weight is 297 g/mol. The summed E-state index contributed by atoms with van der Waals surface area (Å²) in [7, 11) is 1.65. The molecule has 1 N–H and O–H groups in total. The number of thiazole rings is 1. The van der Waals surface area contributed by atoms with Crippen molar-refractivity contribution in [3.63, 3.8) is 0 Å². The molecule has 1 aromatic carbocycles. The van der Waals surface area contributed by atoms with Gasteiger partial charge >= 0.3 is 0 Å². The van der Waals surface area contributed by atoms with Crippen LogP contribution in [0.1, 0.15) is 16.1 Å². The van der Waals surface area contributed by atoms with E-state index in [0.717, 1.165) is 40.7 Å². The predicted octanol–water partition coefficient (Wildman–Crippen LogP) is 4.08. The molecule has 1 aromatic heterocycles. The number of nitrogens with zero attached hydrogens (tertiary/aromatic N) is 1. The van der Waals surface area contributed by atoms with Crippen LogP contribution in [0.15, 0.2) is 17.6 Å². The Morgan fingerprint density at radius 3 is 2.79 bits per heavy atom. The highest BCUT2D eigenvalue weighted by Crippen LogP contribution is 2.30. The van der Waals surface area contributed by atoms with Crippen LogP contribution >= 0.6 is 22.9 Å². The lowest BCUT2D eigenvalue weighted by Crippen LogP contribution is -2.06. The molecule has 0 fully saturated rings. The minimum atomic E-state index is 0.723. The van der Waals surface area contributed by atoms with Crippen LogP contribution in [0.5, 0.6) is 5.75 Å². The fraction of sp³-hybridized carbons (Fsp3) is 0.357. The highest BCUT2D eigenvalue weighted by Gasteiger charge is 2.07. The number of aryl methyl sites for hydroxylation is 2. The first kappa shape index (κ1) is 14.2. The molecule has 0 unspecified atom stereocenters. The summed E-state index contributed by atoms with van der Waals surface area (Å²) in [6, 6.07) is 3.86. The molecule has 0 atom stereocenters. The van der Waals surface area contributed by atoms with Gasteiger partial charge in [-0.15, -0.1) is 11.3 Å². The lowest BCUT2D eigenvalue weighted by atomic mass is 10.2. The maximum Gasteiger partial charge on any atom is 0.143 e. The van der Waals surface area contributed by atoms with Crippen LogP contribution in [0, 0.1) is 13.8 Å². The largest absolute Gasteiger partial charge is 0.495 e. The van der Waals surface area contributed by atoms with E-state index in [1.54, 1.807) is 18.4 Å². The molecule has 0 aliphatic heterocycles. The van der Waals surface area contributed by atoms with Crippen molar-refractivity contribution >= 4 is 28.6 Å². The molecule has 1 heterocycles. The van der Waals surface area contributed by atoms with Crippen molar-refractivity contribution in [2.75, 3.05) is 19.0 Å². The highest BCUT2D eigenvalue weighted by atomic mass is 35.5. The maximum absolute atomic E-state index is 6.09. The van der Waals surface area contributed by atoms with Gasteiger partial charge in [0, 0.05) is 28.9 Å². The van der Waals surface area contributed by atoms with E-state index < -0.39 is 0 Å². The normalized spacial score (nSPS) is 10.5. The smallest absolute Gasteiger partial charge is 0.143 e. The molecular formula is C14H17ClN2OS. The quantitative estimate of drug-likeness (QED) is 0.903. The molecule has 0 radical (unpaired) electrons. The number of anilines is 1. The first-order valence-electron chi connectivity index (χ1n) is 6.08. The SMILES string of the molecule is COc1cc(Cl)c(C)cc1NCCc1scnc1C. The molecule has 5 heteroatoms. The van der Waals surface area contributed by atoms with Crippen LogP contribution in [0.4, 0.5) is 5.69 Å². The lowest BCUT2D eigenvalue weighted by molar-refractivity contribution is 0.416. The molecule has 0 amide bonds. The molecule has 102 valence electrons. The second kappa shape index (κ2) is 6.26. The van der Waals surface area contributed by atoms with E-state index in [-0.39, 0.29) is 0 Å². The van der Waals surface area contributed by atoms with E-state index >= 15 is 0 Å². The molecule has 0 aliphatic carbocycles. The van der Waals surface area contributed by atoms with Crippen molar-refractivity contribution < 1.29 is 4.74 Å². The highest BCUT2D eigenvalue weighted by molar-refractivity contribution is 7.09. The second-order valence-electron chi connectivity index (χ2n) is 4.34. The molecular weight excluding hydrogens is 280 g/mol. The number of nitrogens with one attached hydrogen (secondary N) is 1. The van der Waals surface area contributed by atoms with Crippen molar-refractivity contribution in [2.45, 2.75) is 20.3 Å². The molecule has 3 nitrogen and oxygen atoms in total. The van der Waals surface area contributed by atoms with Gasteiger partial charge in [0.25, 0.3) is 0 Å². The summed E-state index contributed by atoms with van der Waals surface area (Å²) in [6.07, 6.45) is 0.960. The van der Waals surface area contributed by atoms with E-state index in [0.29, 0.717) is 0 Å². The summed E-state index contributed by atoms with van der Waals surface area (Å²) in [4.78, 5) is 5.57. The third-order valence-corrected chi connectivity index (χ3v) is 4.40. The first-order chi connectivity index (χ1) is 9.11. The van der Waals surface area contributed by atoms with E-state index in [1.165, 1.54) is 4.88 Å². The van der Waals surface area contributed by atoms with Crippen LogP contribution in [-0.2, 0) is 6.42 Å². The van der Waals surface area contributed by atoms with Gasteiger partial charge < -0.3 is 10.1 Å². The fourth-order valence-corrected chi connectivity index (χ4v) is 2.78. The van der Waals surface area contributed by atoms with E-state index in [1.807, 2.05) is 31.5 Å². The van der Waals surface area contributed by atoms with Gasteiger partial charge in [-0.1, -0.05) is 11.6 Å². The Labute approximate surface area is 122 Å². The van der Waals surface area contributed by atoms with E-state index in [2.05, 4.69) is 10.3 Å². The summed E-state index contributed by atoms with van der Waals surface area (Å²) in [6.45, 7) is 4.87. The number of hydrogen-bond acceptors (Lipinski definition) is 4. The molecule has 0 saturated heterocycles. The zero-order chi connectivity index (χ0) is 13.8. The zero-order valence-electron chi connectivity index (χ0n) is 11.3. The Kier molecular flexibility index (Phi) is 4.66. The average Bonchev–Trinajstić information content (AvgIpc) is 2.79. The molecule has 19 heavy (non-hydrogen) atoms. The van der Waals surface area contributed by atoms with Gasteiger partial charge in [0.2, 0.25) is 0 Å². The van der Waals surface area contributed by atoms with Crippen LogP contribution in [0.3, 0.4) is 0 Å². The Morgan fingerprint density at radius 2 is 2.16 bits per heavy atom. The minimum Gasteiger partial charge on any atom is -0.495 e. The standard InChI is InChI=1S/C14H17ClN2OS/c1-9-6-12(13(18-3)7-11(9)15)16-5-4-14-10(2)17-8-19-14/h6-8,16H,4-5H2,1-3H3. The molecule has 2 aromatic rings. The maximum atomic E-state index is 6.09. The van der Waals surface area contributed by atoms with E-state index in [9.17, 15) is 0 Å². The third-order valence-electron chi connectivity index (χ3n) is 2.99. The minimum absolute atomic E-state index is 0.723. The van der Waals surface area contributed by atoms with Crippen LogP contribution in [-0.4, -0.2) is 18.6 Å². The van der Waals surface area contributed by atoms with Gasteiger partial charge in [-0.05, 0) is 25.5 Å². The third kappa shape index (κ3) is 3.39. The Morgan fingerprint density at radius 1 is 1.37 bits per heavy atom. The van der Waals surface area contributed by atoms with Crippen LogP contribution in [0.25, 0.3) is 0 Å². The van der Waals surface area contributed by atoms with Gasteiger partial charge in [-0.2, -0.15) is 0 Å². The van der Waals surface area contributed by atoms with Gasteiger partial charge in [0.05, 0.1) is 24.0 Å². The zero-order valence-corrected chi connectivity index (χ0v) is 12.9. The van der Waals surface area contributed by atoms with Gasteiger partial charge in [0.1, 0.15) is 5.75 Å². The Balaban J connectivity index is 2.03. The lowest BCUT2D eigenvalue weighted by Gasteiger charge is -2.13. The summed E-state index contributed by atoms with van der Waals surface area (Å²) >= 11 is 7.78. The molecule has 0 bridgehead atoms. The van der Waals surface area contributed by atoms with Crippen LogP contribution in [0.2, 0.25) is 5.02 Å². The fourth-order valence-electron chi connectivity index (χ4n) is 1.85. The van der Waals surface area contributed by atoms with Gasteiger partial charge in [-0.3, -0.25) is 0 Å². The summed E-state index contributed by atoms with van der Waals surface area (Å²) < 4.78 is 5.34. The molecule has 0 aliphatic rings. The van der Waals surface area contributed by atoms with Gasteiger partial charge in [0.15, 0.2) is 0 Å². The number of rotatable bonds is 5. The number of aromatic nitrogens is 1. The summed E-state index contributed by atoms with van der Waals surface area (Å²) in [5.74, 6) is 0.775. The van der Waals surface area contributed by atoms with Crippen LogP contribution < -0.4 is 10.1 Å². The number of benzene rings is 1. The number of hydrogen-bond donors (Lipinski definition) is 1. The van der Waals surface area contributed by atoms with Crippen molar-refractivity contribution in [1.29, 1.82) is 0 Å². The molecule has 2 rings (SSSR count). The van der Waals surface area contributed by atoms with Gasteiger partial charge in [-0.25, -0.2) is 4.98 Å². The summed E-state index contributed by atoms with van der Waals surface area (Å²) in [5.41, 5.74) is 5.02.